The van der Waals surface area contributed by atoms with E-state index >= 15 is 0 Å². The lowest BCUT2D eigenvalue weighted by atomic mass is 10.0. The summed E-state index contributed by atoms with van der Waals surface area (Å²) in [4.78, 5) is 16.6. The molecule has 0 amide bonds. The first-order chi connectivity index (χ1) is 14.3. The van der Waals surface area contributed by atoms with Gasteiger partial charge in [0.1, 0.15) is 12.3 Å². The number of carbonyl (C=O) groups is 1. The number of halogens is 3. The molecule has 0 spiro atoms. The van der Waals surface area contributed by atoms with Crippen molar-refractivity contribution in [1.29, 1.82) is 0 Å². The summed E-state index contributed by atoms with van der Waals surface area (Å²) in [6.45, 7) is 1.86. The minimum Gasteiger partial charge on any atom is -0.456 e. The Morgan fingerprint density at radius 3 is 2.37 bits per heavy atom. The molecule has 0 bridgehead atoms. The Bertz CT molecular complexity index is 1070. The molecular weight excluding hydrogens is 397 g/mol. The lowest BCUT2D eigenvalue weighted by molar-refractivity contribution is -0.166. The molecule has 2 aromatic carbocycles. The number of hydrogen-bond acceptors (Lipinski definition) is 5. The Kier molecular flexibility index (Phi) is 4.89. The number of nitrogens with zero attached hydrogens (tertiary/aromatic N) is 4. The summed E-state index contributed by atoms with van der Waals surface area (Å²) >= 11 is 0. The van der Waals surface area contributed by atoms with E-state index in [1.165, 1.54) is 30.5 Å². The van der Waals surface area contributed by atoms with Crippen LogP contribution in [0.5, 0.6) is 0 Å². The van der Waals surface area contributed by atoms with Gasteiger partial charge in [0.15, 0.2) is 0 Å². The van der Waals surface area contributed by atoms with E-state index in [1.807, 2.05) is 37.3 Å². The highest BCUT2D eigenvalue weighted by Gasteiger charge is 2.65. The number of benzene rings is 2. The number of imidazole rings is 1. The van der Waals surface area contributed by atoms with Gasteiger partial charge in [0.2, 0.25) is 0 Å². The van der Waals surface area contributed by atoms with Gasteiger partial charge in [0.05, 0.1) is 18.6 Å². The van der Waals surface area contributed by atoms with Crippen molar-refractivity contribution in [1.82, 2.24) is 9.55 Å². The van der Waals surface area contributed by atoms with Gasteiger partial charge in [-0.3, -0.25) is 0 Å². The highest BCUT2D eigenvalue weighted by atomic mass is 19.4. The summed E-state index contributed by atoms with van der Waals surface area (Å²) in [5, 5.41) is 6.34. The van der Waals surface area contributed by atoms with Crippen molar-refractivity contribution in [2.75, 3.05) is 0 Å². The number of aromatic nitrogens is 2. The van der Waals surface area contributed by atoms with Crippen LogP contribution >= 0.6 is 0 Å². The first kappa shape index (κ1) is 19.8. The molecular formula is C21H17F3N4O2. The molecule has 1 aliphatic rings. The van der Waals surface area contributed by atoms with Crippen molar-refractivity contribution >= 4 is 5.97 Å². The maximum atomic E-state index is 13.1. The van der Waals surface area contributed by atoms with Gasteiger partial charge in [-0.15, -0.1) is 10.2 Å². The van der Waals surface area contributed by atoms with Gasteiger partial charge in [-0.1, -0.05) is 54.6 Å². The monoisotopic (exact) mass is 414 g/mol. The number of carbonyl (C=O) groups excluding carboxylic acids is 1. The molecule has 0 fully saturated rings. The van der Waals surface area contributed by atoms with E-state index in [-0.39, 0.29) is 23.9 Å². The molecule has 3 aromatic rings. The van der Waals surface area contributed by atoms with Crippen LogP contribution in [0.4, 0.5) is 13.2 Å². The fraction of sp³-hybridized carbons (Fsp3) is 0.238. The minimum atomic E-state index is -4.57. The van der Waals surface area contributed by atoms with Crippen LogP contribution in [0, 0.1) is 0 Å². The number of esters is 1. The largest absolute Gasteiger partial charge is 0.456 e. The molecule has 0 radical (unpaired) electrons. The third-order valence-electron chi connectivity index (χ3n) is 5.00. The van der Waals surface area contributed by atoms with Gasteiger partial charge < -0.3 is 9.30 Å². The normalized spacial score (nSPS) is 15.6. The van der Waals surface area contributed by atoms with Crippen LogP contribution in [0.25, 0.3) is 0 Å². The van der Waals surface area contributed by atoms with E-state index in [9.17, 15) is 18.0 Å². The summed E-state index contributed by atoms with van der Waals surface area (Å²) in [5.74, 6) is -0.571. The van der Waals surface area contributed by atoms with Crippen molar-refractivity contribution in [3.63, 3.8) is 0 Å². The standard InChI is InChI=1S/C21H17F3N4O2/c1-14(16-5-3-2-4-6-16)28-13-25-11-18(28)19(29)30-12-15-7-9-17(10-8-15)20(26-27-20)21(22,23)24/h2-11,13-14H,12H2,1H3/t14-/m1/s1. The number of ether oxygens (including phenoxy) is 1. The zero-order chi connectivity index (χ0) is 21.4. The second-order valence-electron chi connectivity index (χ2n) is 6.92. The van der Waals surface area contributed by atoms with Gasteiger partial charge in [-0.05, 0) is 18.1 Å². The Morgan fingerprint density at radius 1 is 1.10 bits per heavy atom. The summed E-state index contributed by atoms with van der Waals surface area (Å²) in [6.07, 6.45) is -1.59. The Hall–Kier alpha value is -3.49. The molecule has 0 N–H and O–H groups in total. The zero-order valence-electron chi connectivity index (χ0n) is 15.9. The summed E-state index contributed by atoms with van der Waals surface area (Å²) in [5.41, 5.74) is -0.682. The van der Waals surface area contributed by atoms with Crippen molar-refractivity contribution in [3.8, 4) is 0 Å². The minimum absolute atomic E-state index is 0.0696. The first-order valence-corrected chi connectivity index (χ1v) is 9.16. The number of alkyl halides is 3. The van der Waals surface area contributed by atoms with E-state index < -0.39 is 17.8 Å². The molecule has 4 rings (SSSR count). The van der Waals surface area contributed by atoms with Crippen LogP contribution < -0.4 is 0 Å². The Morgan fingerprint density at radius 2 is 1.77 bits per heavy atom. The smallest absolute Gasteiger partial charge is 0.442 e. The van der Waals surface area contributed by atoms with Crippen LogP contribution in [0.1, 0.15) is 40.1 Å². The molecule has 0 aliphatic carbocycles. The average Bonchev–Trinajstić information content (AvgIpc) is 3.43. The van der Waals surface area contributed by atoms with Crippen molar-refractivity contribution in [2.45, 2.75) is 31.4 Å². The maximum absolute atomic E-state index is 13.1. The molecule has 1 aliphatic heterocycles. The average molecular weight is 414 g/mol. The van der Waals surface area contributed by atoms with E-state index in [0.717, 1.165) is 5.56 Å². The lowest BCUT2D eigenvalue weighted by Gasteiger charge is -2.17. The molecule has 1 atom stereocenters. The second-order valence-corrected chi connectivity index (χ2v) is 6.92. The molecule has 6 nitrogen and oxygen atoms in total. The Labute approximate surface area is 170 Å². The van der Waals surface area contributed by atoms with Gasteiger partial charge >= 0.3 is 17.8 Å². The van der Waals surface area contributed by atoms with Gasteiger partial charge in [-0.2, -0.15) is 13.2 Å². The lowest BCUT2D eigenvalue weighted by Crippen LogP contribution is -2.30. The number of hydrogen-bond donors (Lipinski definition) is 0. The van der Waals surface area contributed by atoms with Crippen molar-refractivity contribution in [3.05, 3.63) is 89.5 Å². The highest BCUT2D eigenvalue weighted by Crippen LogP contribution is 2.52. The van der Waals surface area contributed by atoms with Crippen LogP contribution in [-0.4, -0.2) is 21.7 Å². The Balaban J connectivity index is 1.42. The second kappa shape index (κ2) is 7.40. The van der Waals surface area contributed by atoms with Gasteiger partial charge in [0.25, 0.3) is 0 Å². The van der Waals surface area contributed by atoms with E-state index in [4.69, 9.17) is 4.74 Å². The fourth-order valence-corrected chi connectivity index (χ4v) is 3.16. The third-order valence-corrected chi connectivity index (χ3v) is 5.00. The summed E-state index contributed by atoms with van der Waals surface area (Å²) < 4.78 is 46.2. The van der Waals surface area contributed by atoms with Crippen LogP contribution in [0.3, 0.4) is 0 Å². The van der Waals surface area contributed by atoms with Crippen LogP contribution in [0.2, 0.25) is 0 Å². The molecule has 9 heteroatoms. The summed E-state index contributed by atoms with van der Waals surface area (Å²) in [7, 11) is 0. The molecule has 0 unspecified atom stereocenters. The fourth-order valence-electron chi connectivity index (χ4n) is 3.16. The van der Waals surface area contributed by atoms with Crippen molar-refractivity contribution in [2.24, 2.45) is 10.2 Å². The predicted octanol–water partition coefficient (Wildman–Crippen LogP) is 5.03. The molecule has 2 heterocycles. The molecule has 0 saturated carbocycles. The molecule has 1 aromatic heterocycles. The van der Waals surface area contributed by atoms with Gasteiger partial charge in [-0.25, -0.2) is 9.78 Å². The predicted molar refractivity (Wildman–Crippen MR) is 101 cm³/mol. The molecule has 154 valence electrons. The van der Waals surface area contributed by atoms with Gasteiger partial charge in [0, 0.05) is 5.56 Å². The highest BCUT2D eigenvalue weighted by molar-refractivity contribution is 5.87. The third kappa shape index (κ3) is 3.58. The van der Waals surface area contributed by atoms with Crippen LogP contribution in [0.15, 0.2) is 77.3 Å². The van der Waals surface area contributed by atoms with E-state index in [2.05, 4.69) is 15.2 Å². The number of rotatable bonds is 6. The maximum Gasteiger partial charge on any atom is 0.442 e. The SMILES string of the molecule is C[C@H](c1ccccc1)n1cncc1C(=O)OCc1ccc(C2(C(F)(F)F)N=N2)cc1. The topological polar surface area (TPSA) is 68.8 Å². The van der Waals surface area contributed by atoms with Crippen molar-refractivity contribution < 1.29 is 22.7 Å². The molecule has 30 heavy (non-hydrogen) atoms. The van der Waals surface area contributed by atoms with Crippen LogP contribution in [-0.2, 0) is 17.0 Å². The summed E-state index contributed by atoms with van der Waals surface area (Å²) in [6, 6.07) is 15.0. The molecule has 0 saturated heterocycles. The van der Waals surface area contributed by atoms with E-state index in [0.29, 0.717) is 5.56 Å². The first-order valence-electron chi connectivity index (χ1n) is 9.16. The zero-order valence-corrected chi connectivity index (χ0v) is 15.9. The quantitative estimate of drug-likeness (QED) is 0.531. The van der Waals surface area contributed by atoms with E-state index in [1.54, 1.807) is 10.9 Å².